The Bertz CT molecular complexity index is 419. The molecule has 0 fully saturated rings. The normalized spacial score (nSPS) is 14.0. The fourth-order valence-corrected chi connectivity index (χ4v) is 2.41. The third-order valence-electron chi connectivity index (χ3n) is 2.89. The van der Waals surface area contributed by atoms with Gasteiger partial charge in [-0.3, -0.25) is 0 Å². The van der Waals surface area contributed by atoms with Gasteiger partial charge in [0.15, 0.2) is 0 Å². The van der Waals surface area contributed by atoms with Crippen LogP contribution in [0.4, 0.5) is 5.69 Å². The smallest absolute Gasteiger partial charge is 0.335 e. The Morgan fingerprint density at radius 1 is 1.50 bits per heavy atom. The van der Waals surface area contributed by atoms with E-state index in [0.717, 1.165) is 11.3 Å². The minimum atomic E-state index is -0.913. The van der Waals surface area contributed by atoms with Crippen LogP contribution in [0, 0.1) is 6.92 Å². The standard InChI is InChI=1S/C13H19NO3S/c1-8-6-10(4-5-11(8)13(16)17)14-9(2)12(7-15)18-3/h4-6,9,12,14-15H,7H2,1-3H3,(H,16,17). The molecule has 4 nitrogen and oxygen atoms in total. The van der Waals surface area contributed by atoms with Crippen LogP contribution in [0.1, 0.15) is 22.8 Å². The number of anilines is 1. The molecule has 0 amide bonds. The first-order valence-electron chi connectivity index (χ1n) is 5.73. The molecule has 0 spiro atoms. The topological polar surface area (TPSA) is 69.6 Å². The molecule has 1 aromatic rings. The first kappa shape index (κ1) is 14.9. The van der Waals surface area contributed by atoms with Crippen LogP contribution in [0.3, 0.4) is 0 Å². The molecule has 0 radical (unpaired) electrons. The molecule has 0 aliphatic heterocycles. The number of aliphatic hydroxyl groups excluding tert-OH is 1. The van der Waals surface area contributed by atoms with Gasteiger partial charge in [0, 0.05) is 17.0 Å². The summed E-state index contributed by atoms with van der Waals surface area (Å²) in [6.07, 6.45) is 1.96. The lowest BCUT2D eigenvalue weighted by Crippen LogP contribution is -2.30. The molecule has 2 atom stereocenters. The Balaban J connectivity index is 2.80. The Kier molecular flexibility index (Phi) is 5.50. The maximum absolute atomic E-state index is 10.9. The van der Waals surface area contributed by atoms with Gasteiger partial charge >= 0.3 is 5.97 Å². The first-order valence-corrected chi connectivity index (χ1v) is 7.02. The predicted octanol–water partition coefficient (Wildman–Crippen LogP) is 2.22. The van der Waals surface area contributed by atoms with Gasteiger partial charge in [0.1, 0.15) is 0 Å². The van der Waals surface area contributed by atoms with Crippen molar-refractivity contribution in [3.05, 3.63) is 29.3 Å². The van der Waals surface area contributed by atoms with Crippen LogP contribution >= 0.6 is 11.8 Å². The van der Waals surface area contributed by atoms with Gasteiger partial charge in [0.25, 0.3) is 0 Å². The summed E-state index contributed by atoms with van der Waals surface area (Å²) in [5.74, 6) is -0.913. The molecule has 0 saturated carbocycles. The zero-order chi connectivity index (χ0) is 13.7. The van der Waals surface area contributed by atoms with E-state index < -0.39 is 5.97 Å². The van der Waals surface area contributed by atoms with Crippen molar-refractivity contribution in [1.29, 1.82) is 0 Å². The van der Waals surface area contributed by atoms with Gasteiger partial charge in [-0.25, -0.2) is 4.79 Å². The zero-order valence-electron chi connectivity index (χ0n) is 10.8. The van der Waals surface area contributed by atoms with Crippen molar-refractivity contribution in [2.75, 3.05) is 18.2 Å². The van der Waals surface area contributed by atoms with Crippen LogP contribution in [0.2, 0.25) is 0 Å². The van der Waals surface area contributed by atoms with Crippen molar-refractivity contribution in [2.45, 2.75) is 25.1 Å². The molecule has 2 unspecified atom stereocenters. The molecule has 0 saturated heterocycles. The van der Waals surface area contributed by atoms with Gasteiger partial charge in [0.05, 0.1) is 12.2 Å². The lowest BCUT2D eigenvalue weighted by molar-refractivity contribution is 0.0696. The van der Waals surface area contributed by atoms with E-state index in [2.05, 4.69) is 5.32 Å². The van der Waals surface area contributed by atoms with E-state index in [0.29, 0.717) is 5.56 Å². The SMILES string of the molecule is CSC(CO)C(C)Nc1ccc(C(=O)O)c(C)c1. The predicted molar refractivity (Wildman–Crippen MR) is 75.6 cm³/mol. The quantitative estimate of drug-likeness (QED) is 0.738. The zero-order valence-corrected chi connectivity index (χ0v) is 11.6. The second-order valence-corrected chi connectivity index (χ2v) is 5.30. The van der Waals surface area contributed by atoms with E-state index in [1.165, 1.54) is 0 Å². The van der Waals surface area contributed by atoms with Crippen LogP contribution in [-0.2, 0) is 0 Å². The van der Waals surface area contributed by atoms with E-state index in [4.69, 9.17) is 5.11 Å². The van der Waals surface area contributed by atoms with Crippen molar-refractivity contribution in [2.24, 2.45) is 0 Å². The number of benzene rings is 1. The summed E-state index contributed by atoms with van der Waals surface area (Å²) in [6, 6.07) is 5.27. The average molecular weight is 269 g/mol. The van der Waals surface area contributed by atoms with E-state index in [1.807, 2.05) is 19.2 Å². The van der Waals surface area contributed by atoms with Crippen LogP contribution in [0.5, 0.6) is 0 Å². The fraction of sp³-hybridized carbons (Fsp3) is 0.462. The number of hydrogen-bond acceptors (Lipinski definition) is 4. The number of thioether (sulfide) groups is 1. The second kappa shape index (κ2) is 6.66. The molecule has 1 aromatic carbocycles. The molecule has 0 aliphatic rings. The summed E-state index contributed by atoms with van der Waals surface area (Å²) in [5, 5.41) is 21.5. The van der Waals surface area contributed by atoms with Crippen molar-refractivity contribution < 1.29 is 15.0 Å². The molecule has 1 rings (SSSR count). The highest BCUT2D eigenvalue weighted by molar-refractivity contribution is 7.99. The fourth-order valence-electron chi connectivity index (χ4n) is 1.79. The number of nitrogens with one attached hydrogen (secondary N) is 1. The summed E-state index contributed by atoms with van der Waals surface area (Å²) in [4.78, 5) is 10.9. The number of rotatable bonds is 6. The minimum absolute atomic E-state index is 0.111. The second-order valence-electron chi connectivity index (χ2n) is 4.22. The van der Waals surface area contributed by atoms with Gasteiger partial charge < -0.3 is 15.5 Å². The van der Waals surface area contributed by atoms with Gasteiger partial charge in [-0.05, 0) is 43.9 Å². The Morgan fingerprint density at radius 3 is 2.61 bits per heavy atom. The van der Waals surface area contributed by atoms with Crippen LogP contribution in [0.25, 0.3) is 0 Å². The van der Waals surface area contributed by atoms with Crippen LogP contribution in [0.15, 0.2) is 18.2 Å². The summed E-state index contributed by atoms with van der Waals surface area (Å²) >= 11 is 1.60. The van der Waals surface area contributed by atoms with Crippen molar-refractivity contribution in [3.63, 3.8) is 0 Å². The third kappa shape index (κ3) is 3.65. The number of hydrogen-bond donors (Lipinski definition) is 3. The van der Waals surface area contributed by atoms with Crippen molar-refractivity contribution in [3.8, 4) is 0 Å². The van der Waals surface area contributed by atoms with Gasteiger partial charge in [-0.1, -0.05) is 0 Å². The maximum atomic E-state index is 10.9. The van der Waals surface area contributed by atoms with Gasteiger partial charge in [0.2, 0.25) is 0 Å². The lowest BCUT2D eigenvalue weighted by Gasteiger charge is -2.22. The van der Waals surface area contributed by atoms with E-state index >= 15 is 0 Å². The number of carboxylic acids is 1. The highest BCUT2D eigenvalue weighted by Gasteiger charge is 2.15. The van der Waals surface area contributed by atoms with E-state index in [1.54, 1.807) is 30.8 Å². The number of carbonyl (C=O) groups is 1. The molecule has 18 heavy (non-hydrogen) atoms. The molecule has 5 heteroatoms. The van der Waals surface area contributed by atoms with Crippen LogP contribution in [-0.4, -0.2) is 40.3 Å². The summed E-state index contributed by atoms with van der Waals surface area (Å²) in [5.41, 5.74) is 1.92. The van der Waals surface area contributed by atoms with Gasteiger partial charge in [-0.2, -0.15) is 11.8 Å². The van der Waals surface area contributed by atoms with Crippen molar-refractivity contribution >= 4 is 23.4 Å². The maximum Gasteiger partial charge on any atom is 0.335 e. The van der Waals surface area contributed by atoms with Crippen molar-refractivity contribution in [1.82, 2.24) is 0 Å². The van der Waals surface area contributed by atoms with Gasteiger partial charge in [-0.15, -0.1) is 0 Å². The molecule has 100 valence electrons. The highest BCUT2D eigenvalue weighted by atomic mass is 32.2. The largest absolute Gasteiger partial charge is 0.478 e. The minimum Gasteiger partial charge on any atom is -0.478 e. The van der Waals surface area contributed by atoms with E-state index in [9.17, 15) is 9.90 Å². The first-order chi connectivity index (χ1) is 8.49. The Morgan fingerprint density at radius 2 is 2.17 bits per heavy atom. The lowest BCUT2D eigenvalue weighted by atomic mass is 10.1. The van der Waals surface area contributed by atoms with Crippen LogP contribution < -0.4 is 5.32 Å². The molecule has 0 aliphatic carbocycles. The Labute approximate surface area is 111 Å². The molecule has 0 bridgehead atoms. The highest BCUT2D eigenvalue weighted by Crippen LogP contribution is 2.19. The molecule has 0 aromatic heterocycles. The monoisotopic (exact) mass is 269 g/mol. The summed E-state index contributed by atoms with van der Waals surface area (Å²) in [7, 11) is 0. The number of carboxylic acid groups (broad SMARTS) is 1. The third-order valence-corrected chi connectivity index (χ3v) is 4.05. The number of aryl methyl sites for hydroxylation is 1. The number of aromatic carboxylic acids is 1. The summed E-state index contributed by atoms with van der Waals surface area (Å²) < 4.78 is 0. The molecule has 3 N–H and O–H groups in total. The molecule has 0 heterocycles. The molecular weight excluding hydrogens is 250 g/mol. The van der Waals surface area contributed by atoms with E-state index in [-0.39, 0.29) is 17.9 Å². The summed E-state index contributed by atoms with van der Waals surface area (Å²) in [6.45, 7) is 3.89. The molecular formula is C13H19NO3S. The number of aliphatic hydroxyl groups is 1. The average Bonchev–Trinajstić information content (AvgIpc) is 2.30. The Hall–Kier alpha value is -1.20.